The molecule has 8 heteroatoms. The van der Waals surface area contributed by atoms with Crippen LogP contribution in [0.5, 0.6) is 0 Å². The summed E-state index contributed by atoms with van der Waals surface area (Å²) in [4.78, 5) is 9.27. The molecule has 4 aromatic rings. The van der Waals surface area contributed by atoms with E-state index in [1.165, 1.54) is 0 Å². The van der Waals surface area contributed by atoms with Crippen molar-refractivity contribution in [3.05, 3.63) is 95.7 Å². The highest BCUT2D eigenvalue weighted by atomic mass is 32.2. The van der Waals surface area contributed by atoms with Gasteiger partial charge in [0.25, 0.3) is 10.0 Å². The lowest BCUT2D eigenvalue weighted by Gasteiger charge is -2.14. The van der Waals surface area contributed by atoms with E-state index >= 15 is 0 Å². The largest absolute Gasteiger partial charge is 0.340 e. The SMILES string of the molecule is Cc1cc(Nc2ccccc2)nc(Nc2ccc(NS(=O)(=O)c3cc(C(C)C)ccc3C)cc2)n1. The molecule has 0 aliphatic rings. The molecule has 0 saturated heterocycles. The Morgan fingerprint density at radius 3 is 2.09 bits per heavy atom. The molecule has 0 unspecified atom stereocenters. The fraction of sp³-hybridized carbons (Fsp3) is 0.185. The van der Waals surface area contributed by atoms with Crippen LogP contribution in [0.2, 0.25) is 0 Å². The minimum atomic E-state index is -3.72. The van der Waals surface area contributed by atoms with E-state index in [4.69, 9.17) is 0 Å². The molecule has 0 aliphatic carbocycles. The van der Waals surface area contributed by atoms with E-state index in [0.29, 0.717) is 23.0 Å². The van der Waals surface area contributed by atoms with Crippen LogP contribution in [-0.4, -0.2) is 18.4 Å². The van der Waals surface area contributed by atoms with Crippen molar-refractivity contribution in [1.82, 2.24) is 9.97 Å². The molecule has 0 bridgehead atoms. The van der Waals surface area contributed by atoms with Gasteiger partial charge in [-0.3, -0.25) is 4.72 Å². The Bertz CT molecular complexity index is 1420. The van der Waals surface area contributed by atoms with Gasteiger partial charge in [-0.05, 0) is 73.4 Å². The molecular formula is C27H29N5O2S. The molecule has 1 aromatic heterocycles. The van der Waals surface area contributed by atoms with Crippen molar-refractivity contribution in [3.8, 4) is 0 Å². The number of rotatable bonds is 8. The molecule has 1 heterocycles. The summed E-state index contributed by atoms with van der Waals surface area (Å²) in [5, 5.41) is 6.45. The second-order valence-corrected chi connectivity index (χ2v) is 10.3. The van der Waals surface area contributed by atoms with E-state index in [1.54, 1.807) is 37.3 Å². The smallest absolute Gasteiger partial charge is 0.262 e. The van der Waals surface area contributed by atoms with E-state index < -0.39 is 10.0 Å². The molecule has 0 amide bonds. The third kappa shape index (κ3) is 6.16. The van der Waals surface area contributed by atoms with Crippen LogP contribution in [0.3, 0.4) is 0 Å². The first-order valence-electron chi connectivity index (χ1n) is 11.4. The number of benzene rings is 3. The Kier molecular flexibility index (Phi) is 7.02. The summed E-state index contributed by atoms with van der Waals surface area (Å²) < 4.78 is 28.8. The fourth-order valence-electron chi connectivity index (χ4n) is 3.58. The lowest BCUT2D eigenvalue weighted by Crippen LogP contribution is -2.14. The highest BCUT2D eigenvalue weighted by Crippen LogP contribution is 2.25. The standard InChI is InChI=1S/C27H29N5O2S/c1-18(2)21-11-10-19(3)25(17-21)35(33,34)32-24-14-12-23(13-15-24)30-27-28-20(4)16-26(31-27)29-22-8-6-5-7-9-22/h5-18,32H,1-4H3,(H2,28,29,30,31). The number of sulfonamides is 1. The van der Waals surface area contributed by atoms with E-state index in [2.05, 4.69) is 25.3 Å². The van der Waals surface area contributed by atoms with Crippen molar-refractivity contribution in [3.63, 3.8) is 0 Å². The van der Waals surface area contributed by atoms with Crippen LogP contribution in [0.25, 0.3) is 0 Å². The van der Waals surface area contributed by atoms with Gasteiger partial charge >= 0.3 is 0 Å². The zero-order valence-corrected chi connectivity index (χ0v) is 21.0. The number of hydrogen-bond acceptors (Lipinski definition) is 6. The van der Waals surface area contributed by atoms with Crippen molar-refractivity contribution < 1.29 is 8.42 Å². The maximum Gasteiger partial charge on any atom is 0.262 e. The number of anilines is 5. The Balaban J connectivity index is 1.49. The second kappa shape index (κ2) is 10.1. The Hall–Kier alpha value is -3.91. The lowest BCUT2D eigenvalue weighted by molar-refractivity contribution is 0.600. The van der Waals surface area contributed by atoms with E-state index in [-0.39, 0.29) is 10.8 Å². The second-order valence-electron chi connectivity index (χ2n) is 8.70. The predicted molar refractivity (Wildman–Crippen MR) is 142 cm³/mol. The molecule has 180 valence electrons. The van der Waals surface area contributed by atoms with Crippen LogP contribution in [0.15, 0.2) is 83.8 Å². The molecule has 35 heavy (non-hydrogen) atoms. The normalized spacial score (nSPS) is 11.3. The van der Waals surface area contributed by atoms with E-state index in [0.717, 1.165) is 22.6 Å². The molecule has 0 spiro atoms. The lowest BCUT2D eigenvalue weighted by atomic mass is 10.0. The highest BCUT2D eigenvalue weighted by molar-refractivity contribution is 7.92. The van der Waals surface area contributed by atoms with Gasteiger partial charge in [0, 0.05) is 28.8 Å². The zero-order valence-electron chi connectivity index (χ0n) is 20.2. The number of para-hydroxylation sites is 1. The fourth-order valence-corrected chi connectivity index (χ4v) is 4.92. The number of aryl methyl sites for hydroxylation is 2. The minimum absolute atomic E-state index is 0.238. The van der Waals surface area contributed by atoms with Crippen molar-refractivity contribution in [1.29, 1.82) is 0 Å². The molecule has 3 aromatic carbocycles. The van der Waals surface area contributed by atoms with Gasteiger partial charge in [0.15, 0.2) is 0 Å². The molecule has 0 radical (unpaired) electrons. The van der Waals surface area contributed by atoms with Gasteiger partial charge in [0.1, 0.15) is 5.82 Å². The first-order valence-corrected chi connectivity index (χ1v) is 12.9. The quantitative estimate of drug-likeness (QED) is 0.262. The van der Waals surface area contributed by atoms with Crippen molar-refractivity contribution in [2.75, 3.05) is 15.4 Å². The third-order valence-corrected chi connectivity index (χ3v) is 6.99. The Morgan fingerprint density at radius 1 is 0.743 bits per heavy atom. The van der Waals surface area contributed by atoms with E-state index in [9.17, 15) is 8.42 Å². The summed E-state index contributed by atoms with van der Waals surface area (Å²) in [7, 11) is -3.72. The van der Waals surface area contributed by atoms with Crippen LogP contribution >= 0.6 is 0 Å². The van der Waals surface area contributed by atoms with Crippen LogP contribution in [0, 0.1) is 13.8 Å². The summed E-state index contributed by atoms with van der Waals surface area (Å²) in [6, 6.07) is 24.2. The number of aromatic nitrogens is 2. The average Bonchev–Trinajstić information content (AvgIpc) is 2.80. The number of nitrogens with zero attached hydrogens (tertiary/aromatic N) is 2. The highest BCUT2D eigenvalue weighted by Gasteiger charge is 2.18. The summed E-state index contributed by atoms with van der Waals surface area (Å²) in [5.74, 6) is 1.36. The molecule has 0 fully saturated rings. The Labute approximate surface area is 206 Å². The summed E-state index contributed by atoms with van der Waals surface area (Å²) >= 11 is 0. The molecule has 4 rings (SSSR count). The Morgan fingerprint density at radius 2 is 1.40 bits per heavy atom. The van der Waals surface area contributed by atoms with Gasteiger partial charge in [-0.1, -0.05) is 44.2 Å². The summed E-state index contributed by atoms with van der Waals surface area (Å²) in [6.45, 7) is 7.78. The maximum absolute atomic E-state index is 13.0. The van der Waals surface area contributed by atoms with Crippen molar-refractivity contribution in [2.24, 2.45) is 0 Å². The average molecular weight is 488 g/mol. The first-order chi connectivity index (χ1) is 16.7. The summed E-state index contributed by atoms with van der Waals surface area (Å²) in [5.41, 5.74) is 4.64. The third-order valence-electron chi connectivity index (χ3n) is 5.46. The van der Waals surface area contributed by atoms with Crippen LogP contribution < -0.4 is 15.4 Å². The molecule has 7 nitrogen and oxygen atoms in total. The number of nitrogens with one attached hydrogen (secondary N) is 3. The molecule has 0 atom stereocenters. The van der Waals surface area contributed by atoms with Gasteiger partial charge in [-0.15, -0.1) is 0 Å². The molecule has 0 saturated carbocycles. The van der Waals surface area contributed by atoms with Gasteiger partial charge in [0.2, 0.25) is 5.95 Å². The summed E-state index contributed by atoms with van der Waals surface area (Å²) in [6.07, 6.45) is 0. The minimum Gasteiger partial charge on any atom is -0.340 e. The predicted octanol–water partition coefficient (Wildman–Crippen LogP) is 6.50. The van der Waals surface area contributed by atoms with Gasteiger partial charge < -0.3 is 10.6 Å². The van der Waals surface area contributed by atoms with Gasteiger partial charge in [-0.2, -0.15) is 4.98 Å². The monoisotopic (exact) mass is 487 g/mol. The van der Waals surface area contributed by atoms with Crippen LogP contribution in [0.4, 0.5) is 28.8 Å². The zero-order chi connectivity index (χ0) is 25.0. The molecule has 3 N–H and O–H groups in total. The van der Waals surface area contributed by atoms with Gasteiger partial charge in [-0.25, -0.2) is 13.4 Å². The van der Waals surface area contributed by atoms with Crippen LogP contribution in [-0.2, 0) is 10.0 Å². The van der Waals surface area contributed by atoms with Crippen molar-refractivity contribution >= 4 is 38.9 Å². The molecular weight excluding hydrogens is 458 g/mol. The van der Waals surface area contributed by atoms with E-state index in [1.807, 2.05) is 69.3 Å². The van der Waals surface area contributed by atoms with Crippen molar-refractivity contribution in [2.45, 2.75) is 38.5 Å². The van der Waals surface area contributed by atoms with Gasteiger partial charge in [0.05, 0.1) is 4.90 Å². The topological polar surface area (TPSA) is 96.0 Å². The maximum atomic E-state index is 13.0. The first kappa shape index (κ1) is 24.2. The van der Waals surface area contributed by atoms with Crippen LogP contribution in [0.1, 0.15) is 36.6 Å². The number of hydrogen-bond donors (Lipinski definition) is 3. The molecule has 0 aliphatic heterocycles.